The maximum absolute atomic E-state index is 12.4. The lowest BCUT2D eigenvalue weighted by Crippen LogP contribution is -2.46. The van der Waals surface area contributed by atoms with E-state index in [1.54, 1.807) is 17.0 Å². The Morgan fingerprint density at radius 1 is 1.08 bits per heavy atom. The van der Waals surface area contributed by atoms with Crippen molar-refractivity contribution in [3.8, 4) is 0 Å². The monoisotopic (exact) mass is 346 g/mol. The molecule has 0 aliphatic carbocycles. The van der Waals surface area contributed by atoms with E-state index in [9.17, 15) is 24.3 Å². The molecule has 1 fully saturated rings. The number of benzene rings is 1. The van der Waals surface area contributed by atoms with Crippen LogP contribution in [0.4, 0.5) is 0 Å². The molecule has 1 N–H and O–H groups in total. The van der Waals surface area contributed by atoms with E-state index >= 15 is 0 Å². The average Bonchev–Trinajstić information content (AvgIpc) is 2.88. The zero-order chi connectivity index (χ0) is 18.0. The second kappa shape index (κ2) is 7.02. The summed E-state index contributed by atoms with van der Waals surface area (Å²) >= 11 is 0. The molecule has 1 saturated heterocycles. The van der Waals surface area contributed by atoms with Gasteiger partial charge in [-0.3, -0.25) is 19.3 Å². The van der Waals surface area contributed by atoms with Crippen LogP contribution in [0.2, 0.25) is 0 Å². The third kappa shape index (κ3) is 3.25. The fourth-order valence-corrected chi connectivity index (χ4v) is 3.09. The van der Waals surface area contributed by atoms with E-state index in [-0.39, 0.29) is 29.9 Å². The molecule has 0 saturated carbocycles. The highest BCUT2D eigenvalue weighted by molar-refractivity contribution is 6.22. The SMILES string of the molecule is O=C(O)[C@@H](CCC(=O)N1CCOCC1)N1C(=O)c2ccccc2C1=O. The van der Waals surface area contributed by atoms with Gasteiger partial charge in [-0.05, 0) is 18.6 Å². The number of imide groups is 1. The fraction of sp³-hybridized carbons (Fsp3) is 0.412. The number of carbonyl (C=O) groups excluding carboxylic acids is 3. The topological polar surface area (TPSA) is 104 Å². The number of carboxylic acids is 1. The first kappa shape index (κ1) is 17.1. The van der Waals surface area contributed by atoms with Crippen LogP contribution in [0.3, 0.4) is 0 Å². The summed E-state index contributed by atoms with van der Waals surface area (Å²) in [5.74, 6) is -2.77. The van der Waals surface area contributed by atoms with Gasteiger partial charge >= 0.3 is 5.97 Å². The summed E-state index contributed by atoms with van der Waals surface area (Å²) in [4.78, 5) is 51.0. The van der Waals surface area contributed by atoms with Crippen LogP contribution in [0.1, 0.15) is 33.6 Å². The van der Waals surface area contributed by atoms with Crippen molar-refractivity contribution in [2.24, 2.45) is 0 Å². The van der Waals surface area contributed by atoms with Crippen LogP contribution < -0.4 is 0 Å². The molecule has 0 bridgehead atoms. The van der Waals surface area contributed by atoms with Crippen LogP contribution in [0, 0.1) is 0 Å². The van der Waals surface area contributed by atoms with Crippen molar-refractivity contribution < 1.29 is 29.0 Å². The number of ether oxygens (including phenoxy) is 1. The molecular weight excluding hydrogens is 328 g/mol. The molecule has 0 spiro atoms. The molecule has 25 heavy (non-hydrogen) atoms. The highest BCUT2D eigenvalue weighted by atomic mass is 16.5. The Hall–Kier alpha value is -2.74. The quantitative estimate of drug-likeness (QED) is 0.773. The van der Waals surface area contributed by atoms with E-state index in [0.29, 0.717) is 26.3 Å². The van der Waals surface area contributed by atoms with Gasteiger partial charge in [-0.2, -0.15) is 0 Å². The maximum atomic E-state index is 12.4. The zero-order valence-electron chi connectivity index (χ0n) is 13.5. The van der Waals surface area contributed by atoms with Crippen molar-refractivity contribution >= 4 is 23.7 Å². The van der Waals surface area contributed by atoms with E-state index in [4.69, 9.17) is 4.74 Å². The molecule has 1 atom stereocenters. The molecule has 0 radical (unpaired) electrons. The van der Waals surface area contributed by atoms with Crippen molar-refractivity contribution in [2.45, 2.75) is 18.9 Å². The van der Waals surface area contributed by atoms with Crippen LogP contribution in [0.25, 0.3) is 0 Å². The zero-order valence-corrected chi connectivity index (χ0v) is 13.5. The summed E-state index contributed by atoms with van der Waals surface area (Å²) in [7, 11) is 0. The summed E-state index contributed by atoms with van der Waals surface area (Å²) in [6, 6.07) is 4.86. The van der Waals surface area contributed by atoms with Crippen molar-refractivity contribution in [2.75, 3.05) is 26.3 Å². The minimum absolute atomic E-state index is 0.0512. The standard InChI is InChI=1S/C17H18N2O6/c20-14(18-7-9-25-10-8-18)6-5-13(17(23)24)19-15(21)11-3-1-2-4-12(11)16(19)22/h1-4,13H,5-10H2,(H,23,24)/t13-/m1/s1. The van der Waals surface area contributed by atoms with Gasteiger partial charge in [0.05, 0.1) is 24.3 Å². The van der Waals surface area contributed by atoms with Gasteiger partial charge in [0.25, 0.3) is 11.8 Å². The van der Waals surface area contributed by atoms with Crippen LogP contribution in [-0.2, 0) is 14.3 Å². The van der Waals surface area contributed by atoms with Crippen LogP contribution in [-0.4, -0.2) is 70.9 Å². The molecular formula is C17H18N2O6. The number of rotatable bonds is 5. The number of hydrogen-bond acceptors (Lipinski definition) is 5. The van der Waals surface area contributed by atoms with Gasteiger partial charge in [-0.1, -0.05) is 12.1 Å². The first-order valence-corrected chi connectivity index (χ1v) is 8.06. The molecule has 2 aliphatic rings. The molecule has 2 aliphatic heterocycles. The van der Waals surface area contributed by atoms with E-state index in [1.165, 1.54) is 12.1 Å². The van der Waals surface area contributed by atoms with Crippen LogP contribution >= 0.6 is 0 Å². The highest BCUT2D eigenvalue weighted by Crippen LogP contribution is 2.26. The Morgan fingerprint density at radius 2 is 1.64 bits per heavy atom. The molecule has 8 nitrogen and oxygen atoms in total. The second-order valence-electron chi connectivity index (χ2n) is 5.91. The minimum Gasteiger partial charge on any atom is -0.480 e. The lowest BCUT2D eigenvalue weighted by atomic mass is 10.1. The fourth-order valence-electron chi connectivity index (χ4n) is 3.09. The number of nitrogens with zero attached hydrogens (tertiary/aromatic N) is 2. The number of amides is 3. The third-order valence-electron chi connectivity index (χ3n) is 4.42. The molecule has 1 aromatic rings. The van der Waals surface area contributed by atoms with Crippen molar-refractivity contribution in [3.05, 3.63) is 35.4 Å². The first-order chi connectivity index (χ1) is 12.0. The highest BCUT2D eigenvalue weighted by Gasteiger charge is 2.42. The van der Waals surface area contributed by atoms with Gasteiger partial charge < -0.3 is 14.7 Å². The van der Waals surface area contributed by atoms with Crippen LogP contribution in [0.15, 0.2) is 24.3 Å². The summed E-state index contributed by atoms with van der Waals surface area (Å²) in [6.45, 7) is 1.83. The summed E-state index contributed by atoms with van der Waals surface area (Å²) < 4.78 is 5.17. The molecule has 8 heteroatoms. The third-order valence-corrected chi connectivity index (χ3v) is 4.42. The van der Waals surface area contributed by atoms with Gasteiger partial charge in [0.2, 0.25) is 5.91 Å². The number of aliphatic carboxylic acids is 1. The summed E-state index contributed by atoms with van der Waals surface area (Å²) in [5.41, 5.74) is 0.386. The number of hydrogen-bond donors (Lipinski definition) is 1. The Kier molecular flexibility index (Phi) is 4.80. The Morgan fingerprint density at radius 3 is 2.16 bits per heavy atom. The molecule has 3 amide bonds. The smallest absolute Gasteiger partial charge is 0.326 e. The van der Waals surface area contributed by atoms with E-state index in [0.717, 1.165) is 4.90 Å². The lowest BCUT2D eigenvalue weighted by molar-refractivity contribution is -0.142. The number of fused-ring (bicyclic) bond motifs is 1. The number of carbonyl (C=O) groups is 4. The Bertz CT molecular complexity index is 691. The van der Waals surface area contributed by atoms with Gasteiger partial charge in [0, 0.05) is 19.5 Å². The number of morpholine rings is 1. The first-order valence-electron chi connectivity index (χ1n) is 8.06. The molecule has 0 aromatic heterocycles. The van der Waals surface area contributed by atoms with Gasteiger partial charge in [0.15, 0.2) is 0 Å². The van der Waals surface area contributed by atoms with E-state index < -0.39 is 23.8 Å². The Balaban J connectivity index is 1.72. The molecule has 0 unspecified atom stereocenters. The van der Waals surface area contributed by atoms with Gasteiger partial charge in [-0.15, -0.1) is 0 Å². The molecule has 132 valence electrons. The molecule has 2 heterocycles. The van der Waals surface area contributed by atoms with Crippen molar-refractivity contribution in [1.29, 1.82) is 0 Å². The molecule has 1 aromatic carbocycles. The number of carboxylic acid groups (broad SMARTS) is 1. The van der Waals surface area contributed by atoms with Gasteiger partial charge in [0.1, 0.15) is 6.04 Å². The van der Waals surface area contributed by atoms with E-state index in [1.807, 2.05) is 0 Å². The van der Waals surface area contributed by atoms with Crippen LogP contribution in [0.5, 0.6) is 0 Å². The average molecular weight is 346 g/mol. The predicted octanol–water partition coefficient (Wildman–Crippen LogP) is 0.375. The van der Waals surface area contributed by atoms with Crippen molar-refractivity contribution in [3.63, 3.8) is 0 Å². The second-order valence-corrected chi connectivity index (χ2v) is 5.91. The predicted molar refractivity (Wildman–Crippen MR) is 85.0 cm³/mol. The maximum Gasteiger partial charge on any atom is 0.326 e. The normalized spacial score (nSPS) is 18.2. The van der Waals surface area contributed by atoms with Crippen molar-refractivity contribution in [1.82, 2.24) is 9.80 Å². The minimum atomic E-state index is -1.36. The van der Waals surface area contributed by atoms with Gasteiger partial charge in [-0.25, -0.2) is 4.79 Å². The molecule has 3 rings (SSSR count). The van der Waals surface area contributed by atoms with E-state index in [2.05, 4.69) is 0 Å². The summed E-state index contributed by atoms with van der Waals surface area (Å²) in [5, 5.41) is 9.48. The largest absolute Gasteiger partial charge is 0.480 e. The summed E-state index contributed by atoms with van der Waals surface area (Å²) in [6.07, 6.45) is -0.165. The Labute approximate surface area is 144 Å². The lowest BCUT2D eigenvalue weighted by Gasteiger charge is -2.28.